The number of sulfone groups is 1. The molecular weight excluding hydrogens is 286 g/mol. The lowest BCUT2D eigenvalue weighted by Gasteiger charge is -2.07. The normalized spacial score (nSPS) is 10.9. The molecule has 0 saturated carbocycles. The average molecular weight is 301 g/mol. The summed E-state index contributed by atoms with van der Waals surface area (Å²) >= 11 is 0. The molecule has 21 heavy (non-hydrogen) atoms. The minimum Gasteiger partial charge on any atom is -0.380 e. The summed E-state index contributed by atoms with van der Waals surface area (Å²) < 4.78 is 23.4. The van der Waals surface area contributed by atoms with Crippen LogP contribution in [0.25, 0.3) is 0 Å². The monoisotopic (exact) mass is 301 g/mol. The van der Waals surface area contributed by atoms with Crippen LogP contribution in [0.5, 0.6) is 0 Å². The van der Waals surface area contributed by atoms with Crippen LogP contribution >= 0.6 is 0 Å². The van der Waals surface area contributed by atoms with Crippen molar-refractivity contribution in [3.63, 3.8) is 0 Å². The molecule has 0 radical (unpaired) electrons. The van der Waals surface area contributed by atoms with Gasteiger partial charge in [0.05, 0.1) is 22.5 Å². The van der Waals surface area contributed by atoms with Crippen molar-refractivity contribution in [3.8, 4) is 6.07 Å². The molecule has 0 atom stereocenters. The van der Waals surface area contributed by atoms with E-state index in [-0.39, 0.29) is 5.75 Å². The van der Waals surface area contributed by atoms with Crippen LogP contribution in [0, 0.1) is 11.3 Å². The lowest BCUT2D eigenvalue weighted by Crippen LogP contribution is -2.04. The summed E-state index contributed by atoms with van der Waals surface area (Å²) in [5, 5.41) is 11.8. The Morgan fingerprint density at radius 2 is 1.90 bits per heavy atom. The molecule has 0 spiro atoms. The first kappa shape index (κ1) is 15.0. The Balaban J connectivity index is 2.02. The average Bonchev–Trinajstić information content (AvgIpc) is 2.54. The van der Waals surface area contributed by atoms with Crippen LogP contribution in [-0.4, -0.2) is 19.2 Å². The highest BCUT2D eigenvalue weighted by molar-refractivity contribution is 7.91. The Bertz CT molecular complexity index is 745. The van der Waals surface area contributed by atoms with Crippen molar-refractivity contribution in [3.05, 3.63) is 53.9 Å². The van der Waals surface area contributed by atoms with Crippen LogP contribution in [0.2, 0.25) is 0 Å². The topological polar surface area (TPSA) is 82.9 Å². The molecule has 2 aromatic rings. The van der Waals surface area contributed by atoms with Crippen LogP contribution in [-0.2, 0) is 16.4 Å². The molecular formula is C15H15N3O2S. The van der Waals surface area contributed by atoms with Gasteiger partial charge >= 0.3 is 0 Å². The molecule has 0 bridgehead atoms. The maximum Gasteiger partial charge on any atom is 0.178 e. The molecule has 2 rings (SSSR count). The van der Waals surface area contributed by atoms with Gasteiger partial charge in [0.1, 0.15) is 11.8 Å². The van der Waals surface area contributed by atoms with E-state index in [1.54, 1.807) is 49.5 Å². The van der Waals surface area contributed by atoms with Crippen molar-refractivity contribution in [2.75, 3.05) is 11.1 Å². The van der Waals surface area contributed by atoms with Gasteiger partial charge in [0.15, 0.2) is 9.84 Å². The van der Waals surface area contributed by atoms with E-state index in [1.165, 1.54) is 0 Å². The molecule has 0 fully saturated rings. The second-order valence-electron chi connectivity index (χ2n) is 4.44. The second kappa shape index (κ2) is 6.37. The van der Waals surface area contributed by atoms with E-state index in [2.05, 4.69) is 10.3 Å². The third kappa shape index (κ3) is 3.80. The second-order valence-corrected chi connectivity index (χ2v) is 6.72. The van der Waals surface area contributed by atoms with E-state index in [0.717, 1.165) is 11.3 Å². The molecule has 0 aliphatic heterocycles. The van der Waals surface area contributed by atoms with Crippen molar-refractivity contribution in [2.24, 2.45) is 0 Å². The van der Waals surface area contributed by atoms with Crippen molar-refractivity contribution in [2.45, 2.75) is 18.4 Å². The molecule has 0 saturated heterocycles. The summed E-state index contributed by atoms with van der Waals surface area (Å²) in [5.41, 5.74) is 2.14. The van der Waals surface area contributed by atoms with Gasteiger partial charge in [-0.3, -0.25) is 0 Å². The van der Waals surface area contributed by atoms with Gasteiger partial charge in [0, 0.05) is 6.54 Å². The summed E-state index contributed by atoms with van der Waals surface area (Å²) in [6.45, 7) is 2.18. The third-order valence-electron chi connectivity index (χ3n) is 3.04. The van der Waals surface area contributed by atoms with Crippen LogP contribution in [0.1, 0.15) is 18.2 Å². The van der Waals surface area contributed by atoms with Crippen molar-refractivity contribution in [1.82, 2.24) is 4.98 Å². The lowest BCUT2D eigenvalue weighted by molar-refractivity contribution is 0.597. The fraction of sp³-hybridized carbons (Fsp3) is 0.200. The first-order valence-corrected chi connectivity index (χ1v) is 8.12. The summed E-state index contributed by atoms with van der Waals surface area (Å²) in [6, 6.07) is 12.2. The van der Waals surface area contributed by atoms with Gasteiger partial charge in [-0.1, -0.05) is 19.1 Å². The zero-order valence-electron chi connectivity index (χ0n) is 11.6. The van der Waals surface area contributed by atoms with Gasteiger partial charge in [0.2, 0.25) is 0 Å². The highest BCUT2D eigenvalue weighted by Gasteiger charge is 2.10. The van der Waals surface area contributed by atoms with Gasteiger partial charge in [0.25, 0.3) is 0 Å². The quantitative estimate of drug-likeness (QED) is 0.916. The number of nitrogens with zero attached hydrogens (tertiary/aromatic N) is 2. The molecule has 5 nitrogen and oxygen atoms in total. The number of aromatic nitrogens is 1. The number of rotatable bonds is 5. The Hall–Kier alpha value is -2.39. The Kier molecular flexibility index (Phi) is 4.55. The summed E-state index contributed by atoms with van der Waals surface area (Å²) in [6.07, 6.45) is 1.59. The minimum atomic E-state index is -3.15. The highest BCUT2D eigenvalue weighted by atomic mass is 32.2. The van der Waals surface area contributed by atoms with Crippen molar-refractivity contribution >= 4 is 15.5 Å². The Labute approximate surface area is 124 Å². The van der Waals surface area contributed by atoms with E-state index in [9.17, 15) is 8.42 Å². The van der Waals surface area contributed by atoms with E-state index in [1.807, 2.05) is 6.07 Å². The molecule has 0 aliphatic rings. The molecule has 6 heteroatoms. The van der Waals surface area contributed by atoms with Gasteiger partial charge in [-0.25, -0.2) is 13.4 Å². The van der Waals surface area contributed by atoms with Crippen LogP contribution in [0.4, 0.5) is 5.69 Å². The minimum absolute atomic E-state index is 0.0987. The zero-order valence-corrected chi connectivity index (χ0v) is 12.4. The van der Waals surface area contributed by atoms with E-state index in [0.29, 0.717) is 17.1 Å². The van der Waals surface area contributed by atoms with Gasteiger partial charge in [-0.2, -0.15) is 5.26 Å². The maximum atomic E-state index is 11.7. The van der Waals surface area contributed by atoms with Crippen LogP contribution < -0.4 is 5.32 Å². The molecule has 108 valence electrons. The number of hydrogen-bond acceptors (Lipinski definition) is 5. The van der Waals surface area contributed by atoms with Crippen LogP contribution in [0.15, 0.2) is 47.5 Å². The van der Waals surface area contributed by atoms with E-state index in [4.69, 9.17) is 5.26 Å². The first-order valence-electron chi connectivity index (χ1n) is 6.47. The number of nitriles is 1. The largest absolute Gasteiger partial charge is 0.380 e. The molecule has 1 N–H and O–H groups in total. The molecule has 0 unspecified atom stereocenters. The first-order chi connectivity index (χ1) is 10.0. The molecule has 0 amide bonds. The van der Waals surface area contributed by atoms with Gasteiger partial charge in [-0.15, -0.1) is 0 Å². The Morgan fingerprint density at radius 1 is 1.19 bits per heavy atom. The number of hydrogen-bond donors (Lipinski definition) is 1. The number of nitrogens with one attached hydrogen (secondary N) is 1. The van der Waals surface area contributed by atoms with Crippen LogP contribution in [0.3, 0.4) is 0 Å². The fourth-order valence-electron chi connectivity index (χ4n) is 1.75. The summed E-state index contributed by atoms with van der Waals surface area (Å²) in [7, 11) is -3.15. The molecule has 0 aliphatic carbocycles. The molecule has 1 aromatic heterocycles. The number of anilines is 1. The molecule has 1 heterocycles. The standard InChI is InChI=1S/C15H15N3O2S/c1-2-21(19,20)15-7-3-12(4-8-15)10-17-14-6-5-13(9-16)18-11-14/h3-8,11,17H,2,10H2,1H3. The van der Waals surface area contributed by atoms with Gasteiger partial charge < -0.3 is 5.32 Å². The lowest BCUT2D eigenvalue weighted by atomic mass is 10.2. The predicted molar refractivity (Wildman–Crippen MR) is 80.4 cm³/mol. The zero-order chi connectivity index (χ0) is 15.3. The summed E-state index contributed by atoms with van der Waals surface area (Å²) in [5.74, 6) is 0.0987. The molecule has 1 aromatic carbocycles. The van der Waals surface area contributed by atoms with Crippen molar-refractivity contribution < 1.29 is 8.42 Å². The smallest absolute Gasteiger partial charge is 0.178 e. The summed E-state index contributed by atoms with van der Waals surface area (Å²) in [4.78, 5) is 4.31. The fourth-order valence-corrected chi connectivity index (χ4v) is 2.63. The number of pyridine rings is 1. The SMILES string of the molecule is CCS(=O)(=O)c1ccc(CNc2ccc(C#N)nc2)cc1. The highest BCUT2D eigenvalue weighted by Crippen LogP contribution is 2.14. The van der Waals surface area contributed by atoms with E-state index >= 15 is 0 Å². The third-order valence-corrected chi connectivity index (χ3v) is 4.79. The maximum absolute atomic E-state index is 11.7. The predicted octanol–water partition coefficient (Wildman–Crippen LogP) is 2.36. The Morgan fingerprint density at radius 3 is 2.43 bits per heavy atom. The van der Waals surface area contributed by atoms with E-state index < -0.39 is 9.84 Å². The van der Waals surface area contributed by atoms with Crippen molar-refractivity contribution in [1.29, 1.82) is 5.26 Å². The van der Waals surface area contributed by atoms with Gasteiger partial charge in [-0.05, 0) is 29.8 Å². The number of benzene rings is 1.